The number of rotatable bonds is 6. The minimum Gasteiger partial charge on any atom is -0.457 e. The van der Waals surface area contributed by atoms with Gasteiger partial charge in [0.15, 0.2) is 0 Å². The highest BCUT2D eigenvalue weighted by atomic mass is 16.5. The molecule has 2 nitrogen and oxygen atoms in total. The van der Waals surface area contributed by atoms with Crippen LogP contribution in [0, 0.1) is 0 Å². The second-order valence-electron chi connectivity index (χ2n) is 4.79. The first kappa shape index (κ1) is 13.6. The molecule has 2 aromatic rings. The predicted molar refractivity (Wildman–Crippen MR) is 79.8 cm³/mol. The molecule has 19 heavy (non-hydrogen) atoms. The van der Waals surface area contributed by atoms with Crippen LogP contribution < -0.4 is 10.1 Å². The number of aryl methyl sites for hydroxylation is 1. The fourth-order valence-electron chi connectivity index (χ4n) is 1.92. The average molecular weight is 255 g/mol. The second kappa shape index (κ2) is 6.95. The van der Waals surface area contributed by atoms with E-state index in [4.69, 9.17) is 4.74 Å². The zero-order chi connectivity index (χ0) is 13.5. The standard InChI is InChI=1S/C17H21NO/c1-14(18-2)11-12-15-7-6-10-17(13-15)19-16-8-4-3-5-9-16/h3-10,13-14,18H,11-12H2,1-2H3. The minimum atomic E-state index is 0.540. The third kappa shape index (κ3) is 4.42. The fourth-order valence-corrected chi connectivity index (χ4v) is 1.92. The molecule has 2 rings (SSSR count). The highest BCUT2D eigenvalue weighted by Gasteiger charge is 2.02. The molecule has 0 amide bonds. The molecule has 0 heterocycles. The summed E-state index contributed by atoms with van der Waals surface area (Å²) in [5, 5.41) is 3.26. The Morgan fingerprint density at radius 2 is 1.74 bits per heavy atom. The van der Waals surface area contributed by atoms with Gasteiger partial charge >= 0.3 is 0 Å². The maximum Gasteiger partial charge on any atom is 0.127 e. The van der Waals surface area contributed by atoms with Crippen LogP contribution in [0.3, 0.4) is 0 Å². The zero-order valence-electron chi connectivity index (χ0n) is 11.6. The maximum atomic E-state index is 5.84. The minimum absolute atomic E-state index is 0.540. The number of hydrogen-bond acceptors (Lipinski definition) is 2. The van der Waals surface area contributed by atoms with Crippen LogP contribution in [0.25, 0.3) is 0 Å². The van der Waals surface area contributed by atoms with Gasteiger partial charge in [-0.15, -0.1) is 0 Å². The lowest BCUT2D eigenvalue weighted by Crippen LogP contribution is -2.21. The van der Waals surface area contributed by atoms with Gasteiger partial charge in [0.25, 0.3) is 0 Å². The van der Waals surface area contributed by atoms with Gasteiger partial charge < -0.3 is 10.1 Å². The topological polar surface area (TPSA) is 21.3 Å². The summed E-state index contributed by atoms with van der Waals surface area (Å²) in [6.07, 6.45) is 2.19. The van der Waals surface area contributed by atoms with E-state index in [1.165, 1.54) is 5.56 Å². The molecule has 0 fully saturated rings. The molecule has 0 aliphatic rings. The van der Waals surface area contributed by atoms with Crippen LogP contribution in [0.4, 0.5) is 0 Å². The lowest BCUT2D eigenvalue weighted by Gasteiger charge is -2.11. The quantitative estimate of drug-likeness (QED) is 0.841. The highest BCUT2D eigenvalue weighted by Crippen LogP contribution is 2.22. The molecule has 0 aliphatic heterocycles. The van der Waals surface area contributed by atoms with Crippen molar-refractivity contribution in [3.8, 4) is 11.5 Å². The van der Waals surface area contributed by atoms with Gasteiger partial charge in [-0.1, -0.05) is 30.3 Å². The second-order valence-corrected chi connectivity index (χ2v) is 4.79. The molecule has 0 spiro atoms. The largest absolute Gasteiger partial charge is 0.457 e. The van der Waals surface area contributed by atoms with E-state index in [2.05, 4.69) is 30.4 Å². The summed E-state index contributed by atoms with van der Waals surface area (Å²) in [6.45, 7) is 2.20. The van der Waals surface area contributed by atoms with Gasteiger partial charge in [0.1, 0.15) is 11.5 Å². The van der Waals surface area contributed by atoms with Crippen molar-refractivity contribution >= 4 is 0 Å². The van der Waals surface area contributed by atoms with Gasteiger partial charge in [0.05, 0.1) is 0 Å². The lowest BCUT2D eigenvalue weighted by atomic mass is 10.1. The Kier molecular flexibility index (Phi) is 4.99. The van der Waals surface area contributed by atoms with Crippen molar-refractivity contribution in [3.63, 3.8) is 0 Å². The molecule has 1 atom stereocenters. The number of benzene rings is 2. The number of nitrogens with one attached hydrogen (secondary N) is 1. The summed E-state index contributed by atoms with van der Waals surface area (Å²) >= 11 is 0. The molecule has 0 bridgehead atoms. The molecule has 100 valence electrons. The van der Waals surface area contributed by atoms with Crippen molar-refractivity contribution in [2.24, 2.45) is 0 Å². The first-order chi connectivity index (χ1) is 9.28. The maximum absolute atomic E-state index is 5.84. The molecule has 0 aliphatic carbocycles. The number of hydrogen-bond donors (Lipinski definition) is 1. The zero-order valence-corrected chi connectivity index (χ0v) is 11.6. The first-order valence-corrected chi connectivity index (χ1v) is 6.77. The van der Waals surface area contributed by atoms with Crippen molar-refractivity contribution in [3.05, 3.63) is 60.2 Å². The van der Waals surface area contributed by atoms with Crippen LogP contribution in [-0.2, 0) is 6.42 Å². The van der Waals surface area contributed by atoms with Crippen molar-refractivity contribution in [1.82, 2.24) is 5.32 Å². The van der Waals surface area contributed by atoms with Crippen LogP contribution in [-0.4, -0.2) is 13.1 Å². The van der Waals surface area contributed by atoms with E-state index in [0.29, 0.717) is 6.04 Å². The molecule has 2 aromatic carbocycles. The molecule has 2 heteroatoms. The summed E-state index contributed by atoms with van der Waals surface area (Å²) in [5.41, 5.74) is 1.32. The summed E-state index contributed by atoms with van der Waals surface area (Å²) in [6, 6.07) is 18.7. The average Bonchev–Trinajstić information content (AvgIpc) is 2.46. The van der Waals surface area contributed by atoms with E-state index in [0.717, 1.165) is 24.3 Å². The predicted octanol–water partition coefficient (Wildman–Crippen LogP) is 4.02. The Balaban J connectivity index is 1.99. The molecular weight excluding hydrogens is 234 g/mol. The van der Waals surface area contributed by atoms with Crippen molar-refractivity contribution < 1.29 is 4.74 Å². The Morgan fingerprint density at radius 1 is 1.00 bits per heavy atom. The third-order valence-corrected chi connectivity index (χ3v) is 3.24. The smallest absolute Gasteiger partial charge is 0.127 e. The SMILES string of the molecule is CNC(C)CCc1cccc(Oc2ccccc2)c1. The summed E-state index contributed by atoms with van der Waals surface area (Å²) in [7, 11) is 2.00. The monoisotopic (exact) mass is 255 g/mol. The van der Waals surface area contributed by atoms with E-state index in [9.17, 15) is 0 Å². The lowest BCUT2D eigenvalue weighted by molar-refractivity contribution is 0.481. The molecule has 0 saturated heterocycles. The van der Waals surface area contributed by atoms with E-state index < -0.39 is 0 Å². The van der Waals surface area contributed by atoms with Gasteiger partial charge in [-0.05, 0) is 56.6 Å². The Labute approximate surface area is 115 Å². The third-order valence-electron chi connectivity index (χ3n) is 3.24. The van der Waals surface area contributed by atoms with Crippen LogP contribution >= 0.6 is 0 Å². The molecule has 1 unspecified atom stereocenters. The summed E-state index contributed by atoms with van der Waals surface area (Å²) < 4.78 is 5.84. The van der Waals surface area contributed by atoms with Gasteiger partial charge in [0, 0.05) is 6.04 Å². The number of para-hydroxylation sites is 1. The van der Waals surface area contributed by atoms with Gasteiger partial charge in [-0.3, -0.25) is 0 Å². The highest BCUT2D eigenvalue weighted by molar-refractivity contribution is 5.33. The van der Waals surface area contributed by atoms with Crippen LogP contribution in [0.15, 0.2) is 54.6 Å². The van der Waals surface area contributed by atoms with Crippen LogP contribution in [0.5, 0.6) is 11.5 Å². The van der Waals surface area contributed by atoms with E-state index in [-0.39, 0.29) is 0 Å². The summed E-state index contributed by atoms with van der Waals surface area (Å²) in [5.74, 6) is 1.78. The molecule has 1 N–H and O–H groups in total. The van der Waals surface area contributed by atoms with Crippen LogP contribution in [0.1, 0.15) is 18.9 Å². The normalized spacial score (nSPS) is 12.1. The Morgan fingerprint density at radius 3 is 2.47 bits per heavy atom. The van der Waals surface area contributed by atoms with Crippen LogP contribution in [0.2, 0.25) is 0 Å². The Bertz CT molecular complexity index is 496. The molecule has 0 radical (unpaired) electrons. The summed E-state index contributed by atoms with van der Waals surface area (Å²) in [4.78, 5) is 0. The van der Waals surface area contributed by atoms with Crippen molar-refractivity contribution in [2.75, 3.05) is 7.05 Å². The molecule has 0 aromatic heterocycles. The van der Waals surface area contributed by atoms with Crippen molar-refractivity contribution in [1.29, 1.82) is 0 Å². The van der Waals surface area contributed by atoms with Gasteiger partial charge in [-0.2, -0.15) is 0 Å². The van der Waals surface area contributed by atoms with Crippen molar-refractivity contribution in [2.45, 2.75) is 25.8 Å². The fraction of sp³-hybridized carbons (Fsp3) is 0.294. The van der Waals surface area contributed by atoms with E-state index >= 15 is 0 Å². The van der Waals surface area contributed by atoms with Gasteiger partial charge in [-0.25, -0.2) is 0 Å². The molecule has 0 saturated carbocycles. The van der Waals surface area contributed by atoms with E-state index in [1.807, 2.05) is 43.4 Å². The first-order valence-electron chi connectivity index (χ1n) is 6.77. The van der Waals surface area contributed by atoms with E-state index in [1.54, 1.807) is 0 Å². The molecular formula is C17H21NO. The van der Waals surface area contributed by atoms with Gasteiger partial charge in [0.2, 0.25) is 0 Å². The number of ether oxygens (including phenoxy) is 1. The Hall–Kier alpha value is -1.80.